The first-order valence-corrected chi connectivity index (χ1v) is 7.57. The Balaban J connectivity index is 1.89. The lowest BCUT2D eigenvalue weighted by atomic mass is 9.81. The van der Waals surface area contributed by atoms with E-state index >= 15 is 0 Å². The van der Waals surface area contributed by atoms with Crippen LogP contribution in [0, 0.1) is 5.41 Å². The Hall–Kier alpha value is -0.830. The highest BCUT2D eigenvalue weighted by Crippen LogP contribution is 2.51. The fraction of sp³-hybridized carbons (Fsp3) is 0.533. The number of hydrogen-bond acceptors (Lipinski definition) is 1. The van der Waals surface area contributed by atoms with E-state index in [9.17, 15) is 4.79 Å². The van der Waals surface area contributed by atoms with Gasteiger partial charge in [-0.15, -0.1) is 0 Å². The molecule has 1 aromatic rings. The van der Waals surface area contributed by atoms with Gasteiger partial charge in [0.25, 0.3) is 0 Å². The van der Waals surface area contributed by atoms with Crippen molar-refractivity contribution >= 4 is 27.5 Å². The maximum Gasteiger partial charge on any atom is 0.228 e. The Morgan fingerprint density at radius 2 is 2.06 bits per heavy atom. The van der Waals surface area contributed by atoms with Crippen LogP contribution in [-0.4, -0.2) is 5.91 Å². The highest BCUT2D eigenvalue weighted by molar-refractivity contribution is 9.09. The van der Waals surface area contributed by atoms with Crippen LogP contribution >= 0.6 is 15.9 Å². The van der Waals surface area contributed by atoms with Gasteiger partial charge in [-0.1, -0.05) is 47.8 Å². The molecule has 1 aromatic carbocycles. The second kappa shape index (κ2) is 4.37. The predicted octanol–water partition coefficient (Wildman–Crippen LogP) is 4.20. The Morgan fingerprint density at radius 3 is 2.78 bits per heavy atom. The molecule has 18 heavy (non-hydrogen) atoms. The third kappa shape index (κ3) is 1.99. The zero-order valence-corrected chi connectivity index (χ0v) is 12.2. The summed E-state index contributed by atoms with van der Waals surface area (Å²) in [5, 5.41) is 2.89. The van der Waals surface area contributed by atoms with Crippen molar-refractivity contribution < 1.29 is 4.79 Å². The highest BCUT2D eigenvalue weighted by Gasteiger charge is 2.36. The summed E-state index contributed by atoms with van der Waals surface area (Å²) in [6.45, 7) is 2.37. The van der Waals surface area contributed by atoms with E-state index in [1.807, 2.05) is 6.07 Å². The third-order valence-electron chi connectivity index (χ3n) is 4.40. The Morgan fingerprint density at radius 1 is 1.33 bits per heavy atom. The normalized spacial score (nSPS) is 22.7. The number of rotatable bonds is 2. The van der Waals surface area contributed by atoms with Crippen LogP contribution in [0.15, 0.2) is 18.2 Å². The monoisotopic (exact) mass is 307 g/mol. The molecule has 1 atom stereocenters. The molecule has 3 rings (SSSR count). The lowest BCUT2D eigenvalue weighted by Gasteiger charge is -2.30. The van der Waals surface area contributed by atoms with Crippen molar-refractivity contribution in [2.45, 2.75) is 43.9 Å². The minimum absolute atomic E-state index is 0.111. The Bertz CT molecular complexity index is 491. The van der Waals surface area contributed by atoms with E-state index in [-0.39, 0.29) is 5.91 Å². The van der Waals surface area contributed by atoms with Crippen molar-refractivity contribution in [2.24, 2.45) is 5.41 Å². The molecule has 2 aliphatic rings. The maximum absolute atomic E-state index is 11.4. The summed E-state index contributed by atoms with van der Waals surface area (Å²) >= 11 is 3.89. The zero-order valence-electron chi connectivity index (χ0n) is 10.6. The maximum atomic E-state index is 11.4. The van der Waals surface area contributed by atoms with E-state index < -0.39 is 0 Å². The number of hydrogen-bond donors (Lipinski definition) is 1. The van der Waals surface area contributed by atoms with E-state index in [4.69, 9.17) is 0 Å². The number of benzene rings is 1. The van der Waals surface area contributed by atoms with Crippen LogP contribution in [0.3, 0.4) is 0 Å². The second-order valence-electron chi connectivity index (χ2n) is 5.87. The van der Waals surface area contributed by atoms with Gasteiger partial charge >= 0.3 is 0 Å². The molecule has 0 spiro atoms. The van der Waals surface area contributed by atoms with Crippen LogP contribution in [0.25, 0.3) is 0 Å². The van der Waals surface area contributed by atoms with Gasteiger partial charge in [0, 0.05) is 10.5 Å². The largest absolute Gasteiger partial charge is 0.326 e. The molecule has 1 N–H and O–H groups in total. The van der Waals surface area contributed by atoms with Gasteiger partial charge in [-0.25, -0.2) is 0 Å². The van der Waals surface area contributed by atoms with Gasteiger partial charge in [0.05, 0.1) is 6.42 Å². The van der Waals surface area contributed by atoms with E-state index in [1.165, 1.54) is 31.2 Å². The first-order chi connectivity index (χ1) is 8.58. The van der Waals surface area contributed by atoms with Crippen molar-refractivity contribution in [3.63, 3.8) is 0 Å². The standard InChI is InChI=1S/C15H18BrNO/c1-15(6-2-3-7-15)14(16)10-4-5-12-11(8-10)9-13(18)17-12/h4-5,8,14H,2-3,6-7,9H2,1H3,(H,17,18). The number of fused-ring (bicyclic) bond motifs is 1. The van der Waals surface area contributed by atoms with Gasteiger partial charge in [0.2, 0.25) is 5.91 Å². The average Bonchev–Trinajstić information content (AvgIpc) is 2.93. The molecule has 96 valence electrons. The first-order valence-electron chi connectivity index (χ1n) is 6.65. The SMILES string of the molecule is CC1(C(Br)c2ccc3c(c2)CC(=O)N3)CCCC1. The van der Waals surface area contributed by atoms with E-state index in [1.54, 1.807) is 0 Å². The van der Waals surface area contributed by atoms with Crippen molar-refractivity contribution in [1.29, 1.82) is 0 Å². The van der Waals surface area contributed by atoms with Gasteiger partial charge in [-0.3, -0.25) is 4.79 Å². The summed E-state index contributed by atoms with van der Waals surface area (Å²) in [4.78, 5) is 11.8. The first kappa shape index (κ1) is 12.2. The number of nitrogens with one attached hydrogen (secondary N) is 1. The summed E-state index contributed by atoms with van der Waals surface area (Å²) in [6, 6.07) is 6.38. The molecule has 1 saturated carbocycles. The summed E-state index contributed by atoms with van der Waals surface area (Å²) in [5.41, 5.74) is 3.81. The molecule has 0 saturated heterocycles. The van der Waals surface area contributed by atoms with Crippen LogP contribution in [0.1, 0.15) is 48.6 Å². The van der Waals surface area contributed by atoms with Crippen molar-refractivity contribution in [3.8, 4) is 0 Å². The van der Waals surface area contributed by atoms with Crippen LogP contribution < -0.4 is 5.32 Å². The van der Waals surface area contributed by atoms with Gasteiger partial charge in [-0.05, 0) is 35.4 Å². The fourth-order valence-corrected chi connectivity index (χ4v) is 3.99. The van der Waals surface area contributed by atoms with E-state index in [0.29, 0.717) is 16.7 Å². The minimum atomic E-state index is 0.111. The molecule has 3 heteroatoms. The highest BCUT2D eigenvalue weighted by atomic mass is 79.9. The van der Waals surface area contributed by atoms with Crippen LogP contribution in [0.2, 0.25) is 0 Å². The molecule has 2 nitrogen and oxygen atoms in total. The molecule has 1 amide bonds. The van der Waals surface area contributed by atoms with Crippen molar-refractivity contribution in [2.75, 3.05) is 5.32 Å². The second-order valence-corrected chi connectivity index (χ2v) is 6.78. The molecular weight excluding hydrogens is 290 g/mol. The molecule has 0 aromatic heterocycles. The summed E-state index contributed by atoms with van der Waals surface area (Å²) in [7, 11) is 0. The van der Waals surface area contributed by atoms with Crippen LogP contribution in [0.4, 0.5) is 5.69 Å². The van der Waals surface area contributed by atoms with Gasteiger partial charge in [-0.2, -0.15) is 0 Å². The van der Waals surface area contributed by atoms with E-state index in [0.717, 1.165) is 11.3 Å². The number of amides is 1. The summed E-state index contributed by atoms with van der Waals surface area (Å²) < 4.78 is 0. The fourth-order valence-electron chi connectivity index (χ4n) is 3.25. The van der Waals surface area contributed by atoms with Crippen molar-refractivity contribution in [3.05, 3.63) is 29.3 Å². The molecular formula is C15H18BrNO. The average molecular weight is 308 g/mol. The molecule has 1 aliphatic heterocycles. The quantitative estimate of drug-likeness (QED) is 0.815. The number of carbonyl (C=O) groups is 1. The molecule has 1 aliphatic carbocycles. The minimum Gasteiger partial charge on any atom is -0.326 e. The molecule has 1 fully saturated rings. The lowest BCUT2D eigenvalue weighted by molar-refractivity contribution is -0.115. The van der Waals surface area contributed by atoms with Crippen LogP contribution in [-0.2, 0) is 11.2 Å². The zero-order chi connectivity index (χ0) is 12.8. The number of alkyl halides is 1. The molecule has 0 bridgehead atoms. The van der Waals surface area contributed by atoms with Crippen molar-refractivity contribution in [1.82, 2.24) is 0 Å². The van der Waals surface area contributed by atoms with Crippen LogP contribution in [0.5, 0.6) is 0 Å². The number of anilines is 1. The predicted molar refractivity (Wildman–Crippen MR) is 77.0 cm³/mol. The smallest absolute Gasteiger partial charge is 0.228 e. The summed E-state index contributed by atoms with van der Waals surface area (Å²) in [5.74, 6) is 0.111. The third-order valence-corrected chi connectivity index (χ3v) is 6.04. The number of carbonyl (C=O) groups excluding carboxylic acids is 1. The summed E-state index contributed by atoms with van der Waals surface area (Å²) in [6.07, 6.45) is 5.78. The Labute approximate surface area is 116 Å². The number of halogens is 1. The topological polar surface area (TPSA) is 29.1 Å². The molecule has 0 radical (unpaired) electrons. The van der Waals surface area contributed by atoms with E-state index in [2.05, 4.69) is 40.3 Å². The lowest BCUT2D eigenvalue weighted by Crippen LogP contribution is -2.17. The Kier molecular flexibility index (Phi) is 2.97. The van der Waals surface area contributed by atoms with Gasteiger partial charge < -0.3 is 5.32 Å². The van der Waals surface area contributed by atoms with Gasteiger partial charge in [0.1, 0.15) is 0 Å². The molecule has 1 heterocycles. The molecule has 1 unspecified atom stereocenters. The van der Waals surface area contributed by atoms with Gasteiger partial charge in [0.15, 0.2) is 0 Å².